The Morgan fingerprint density at radius 3 is 2.88 bits per heavy atom. The number of hydrogen-bond donors (Lipinski definition) is 2. The van der Waals surface area contributed by atoms with E-state index in [4.69, 9.17) is 9.47 Å². The zero-order valence-corrected chi connectivity index (χ0v) is 14.2. The van der Waals surface area contributed by atoms with Gasteiger partial charge in [-0.15, -0.1) is 0 Å². The summed E-state index contributed by atoms with van der Waals surface area (Å²) in [5.41, 5.74) is 3.45. The molecule has 0 radical (unpaired) electrons. The summed E-state index contributed by atoms with van der Waals surface area (Å²) in [7, 11) is 1.37. The first-order valence-corrected chi connectivity index (χ1v) is 8.16. The first-order chi connectivity index (χ1) is 11.6. The fourth-order valence-electron chi connectivity index (χ4n) is 3.49. The van der Waals surface area contributed by atoms with Gasteiger partial charge in [0, 0.05) is 16.5 Å². The van der Waals surface area contributed by atoms with E-state index in [-0.39, 0.29) is 19.0 Å². The van der Waals surface area contributed by atoms with E-state index in [0.717, 1.165) is 28.6 Å². The van der Waals surface area contributed by atoms with Crippen LogP contribution in [-0.2, 0) is 26.3 Å². The van der Waals surface area contributed by atoms with Crippen molar-refractivity contribution < 1.29 is 19.5 Å². The number of carbonyl (C=O) groups excluding carboxylic acids is 1. The summed E-state index contributed by atoms with van der Waals surface area (Å²) >= 11 is 0. The summed E-state index contributed by atoms with van der Waals surface area (Å²) in [6.45, 7) is 4.21. The number of carbonyl (C=O) groups is 1. The largest absolute Gasteiger partial charge is 0.469 e. The number of fused-ring (bicyclic) bond motifs is 3. The van der Waals surface area contributed by atoms with Gasteiger partial charge in [0.15, 0.2) is 0 Å². The van der Waals surface area contributed by atoms with Crippen molar-refractivity contribution in [1.82, 2.24) is 4.98 Å². The second-order valence-electron chi connectivity index (χ2n) is 6.00. The third kappa shape index (κ3) is 2.38. The van der Waals surface area contributed by atoms with E-state index in [2.05, 4.69) is 23.1 Å². The molecule has 6 heteroatoms. The molecule has 6 nitrogen and oxygen atoms in total. The number of oxime groups is 1. The van der Waals surface area contributed by atoms with E-state index in [9.17, 15) is 10.0 Å². The molecule has 0 spiro atoms. The van der Waals surface area contributed by atoms with Crippen molar-refractivity contribution in [3.05, 3.63) is 35.0 Å². The Kier molecular flexibility index (Phi) is 4.32. The topological polar surface area (TPSA) is 83.9 Å². The normalized spacial score (nSPS) is 21.9. The van der Waals surface area contributed by atoms with Crippen molar-refractivity contribution in [2.45, 2.75) is 38.7 Å². The van der Waals surface area contributed by atoms with E-state index >= 15 is 0 Å². The predicted octanol–water partition coefficient (Wildman–Crippen LogP) is 3.11. The van der Waals surface area contributed by atoms with Gasteiger partial charge in [0.25, 0.3) is 0 Å². The van der Waals surface area contributed by atoms with Crippen molar-refractivity contribution in [2.75, 3.05) is 13.7 Å². The van der Waals surface area contributed by atoms with Crippen molar-refractivity contribution in [3.63, 3.8) is 0 Å². The van der Waals surface area contributed by atoms with E-state index in [1.165, 1.54) is 12.7 Å². The number of benzene rings is 1. The second-order valence-corrected chi connectivity index (χ2v) is 6.00. The highest BCUT2D eigenvalue weighted by atomic mass is 16.5. The van der Waals surface area contributed by atoms with Crippen LogP contribution in [0.15, 0.2) is 23.4 Å². The third-order valence-corrected chi connectivity index (χ3v) is 4.88. The molecule has 24 heavy (non-hydrogen) atoms. The van der Waals surface area contributed by atoms with Crippen molar-refractivity contribution >= 4 is 22.6 Å². The van der Waals surface area contributed by atoms with Gasteiger partial charge in [0.1, 0.15) is 11.3 Å². The molecule has 1 aromatic heterocycles. The Hall–Kier alpha value is -2.34. The SMILES string of the molecule is CCc1cccc2c3c([nH]c12)C(CC)(CC(=O)OC)OCC3=NO. The maximum Gasteiger partial charge on any atom is 0.308 e. The minimum Gasteiger partial charge on any atom is -0.469 e. The van der Waals surface area contributed by atoms with Gasteiger partial charge in [0.2, 0.25) is 0 Å². The van der Waals surface area contributed by atoms with E-state index in [0.29, 0.717) is 12.1 Å². The minimum absolute atomic E-state index is 0.111. The molecular formula is C18H22N2O4. The van der Waals surface area contributed by atoms with Crippen molar-refractivity contribution in [2.24, 2.45) is 5.16 Å². The van der Waals surface area contributed by atoms with Gasteiger partial charge in [-0.25, -0.2) is 0 Å². The molecule has 128 valence electrons. The van der Waals surface area contributed by atoms with E-state index < -0.39 is 5.60 Å². The summed E-state index contributed by atoms with van der Waals surface area (Å²) < 4.78 is 10.9. The van der Waals surface area contributed by atoms with Crippen LogP contribution < -0.4 is 0 Å². The Morgan fingerprint density at radius 2 is 2.25 bits per heavy atom. The smallest absolute Gasteiger partial charge is 0.308 e. The van der Waals surface area contributed by atoms with Gasteiger partial charge in [0.05, 0.1) is 25.8 Å². The lowest BCUT2D eigenvalue weighted by molar-refractivity contribution is -0.150. The van der Waals surface area contributed by atoms with Crippen LogP contribution in [0.25, 0.3) is 10.9 Å². The molecule has 0 amide bonds. The fraction of sp³-hybridized carbons (Fsp3) is 0.444. The van der Waals surface area contributed by atoms with Gasteiger partial charge in [-0.3, -0.25) is 4.79 Å². The Balaban J connectivity index is 2.29. The van der Waals surface area contributed by atoms with Crippen LogP contribution in [-0.4, -0.2) is 35.6 Å². The summed E-state index contributed by atoms with van der Waals surface area (Å²) in [6, 6.07) is 6.06. The number of rotatable bonds is 4. The van der Waals surface area contributed by atoms with Crippen LogP contribution in [0.2, 0.25) is 0 Å². The minimum atomic E-state index is -0.805. The lowest BCUT2D eigenvalue weighted by Crippen LogP contribution is -2.40. The maximum atomic E-state index is 11.9. The Morgan fingerprint density at radius 1 is 1.46 bits per heavy atom. The quantitative estimate of drug-likeness (QED) is 0.512. The molecule has 0 fully saturated rings. The lowest BCUT2D eigenvalue weighted by Gasteiger charge is -2.36. The molecule has 2 heterocycles. The molecule has 3 rings (SSSR count). The monoisotopic (exact) mass is 330 g/mol. The number of nitrogens with one attached hydrogen (secondary N) is 1. The molecule has 2 aromatic rings. The number of aromatic nitrogens is 1. The number of esters is 1. The Bertz CT molecular complexity index is 809. The average Bonchev–Trinajstić information content (AvgIpc) is 3.02. The Labute approximate surface area is 140 Å². The zero-order valence-electron chi connectivity index (χ0n) is 14.2. The molecule has 0 aliphatic carbocycles. The number of aryl methyl sites for hydroxylation is 1. The summed E-state index contributed by atoms with van der Waals surface area (Å²) in [6.07, 6.45) is 1.58. The van der Waals surface area contributed by atoms with Crippen LogP contribution in [0.3, 0.4) is 0 Å². The van der Waals surface area contributed by atoms with Crippen molar-refractivity contribution in [3.8, 4) is 0 Å². The highest BCUT2D eigenvalue weighted by Crippen LogP contribution is 2.42. The number of aromatic amines is 1. The van der Waals surface area contributed by atoms with E-state index in [1.54, 1.807) is 0 Å². The highest BCUT2D eigenvalue weighted by molar-refractivity contribution is 6.14. The van der Waals surface area contributed by atoms with Gasteiger partial charge in [-0.1, -0.05) is 37.2 Å². The first kappa shape index (κ1) is 16.5. The molecular weight excluding hydrogens is 308 g/mol. The number of methoxy groups -OCH3 is 1. The van der Waals surface area contributed by atoms with Crippen LogP contribution in [0.4, 0.5) is 0 Å². The third-order valence-electron chi connectivity index (χ3n) is 4.88. The standard InChI is InChI=1S/C18H22N2O4/c1-4-11-7-6-8-12-15-13(20-22)10-24-18(5-2,9-14(21)23-3)17(15)19-16(11)12/h6-8,19,22H,4-5,9-10H2,1-3H3. The van der Waals surface area contributed by atoms with Crippen LogP contribution in [0, 0.1) is 0 Å². The fourth-order valence-corrected chi connectivity index (χ4v) is 3.49. The second kappa shape index (κ2) is 6.28. The number of para-hydroxylation sites is 1. The summed E-state index contributed by atoms with van der Waals surface area (Å²) in [4.78, 5) is 15.4. The maximum absolute atomic E-state index is 11.9. The molecule has 1 aliphatic rings. The lowest BCUT2D eigenvalue weighted by atomic mass is 9.85. The molecule has 1 unspecified atom stereocenters. The molecule has 0 saturated carbocycles. The average molecular weight is 330 g/mol. The number of hydrogen-bond acceptors (Lipinski definition) is 5. The molecule has 1 atom stereocenters. The highest BCUT2D eigenvalue weighted by Gasteiger charge is 2.43. The summed E-state index contributed by atoms with van der Waals surface area (Å²) in [5, 5.41) is 13.8. The number of H-pyrrole nitrogens is 1. The molecule has 1 aliphatic heterocycles. The predicted molar refractivity (Wildman–Crippen MR) is 90.6 cm³/mol. The van der Waals surface area contributed by atoms with Gasteiger partial charge in [-0.2, -0.15) is 0 Å². The molecule has 2 N–H and O–H groups in total. The van der Waals surface area contributed by atoms with Gasteiger partial charge in [-0.05, 0) is 18.4 Å². The number of nitrogens with zero attached hydrogens (tertiary/aromatic N) is 1. The van der Waals surface area contributed by atoms with Crippen LogP contribution >= 0.6 is 0 Å². The van der Waals surface area contributed by atoms with Gasteiger partial charge < -0.3 is 19.7 Å². The van der Waals surface area contributed by atoms with E-state index in [1.807, 2.05) is 19.1 Å². The zero-order chi connectivity index (χ0) is 17.3. The van der Waals surface area contributed by atoms with Crippen LogP contribution in [0.1, 0.15) is 43.5 Å². The van der Waals surface area contributed by atoms with Crippen molar-refractivity contribution in [1.29, 1.82) is 0 Å². The van der Waals surface area contributed by atoms with Gasteiger partial charge >= 0.3 is 5.97 Å². The number of ether oxygens (including phenoxy) is 2. The molecule has 0 saturated heterocycles. The summed E-state index contributed by atoms with van der Waals surface area (Å²) in [5.74, 6) is -0.332. The first-order valence-electron chi connectivity index (χ1n) is 8.16. The molecule has 0 bridgehead atoms. The van der Waals surface area contributed by atoms with Crippen LogP contribution in [0.5, 0.6) is 0 Å². The molecule has 1 aromatic carbocycles.